The third kappa shape index (κ3) is 5.12. The van der Waals surface area contributed by atoms with Crippen molar-refractivity contribution in [3.8, 4) is 22.6 Å². The van der Waals surface area contributed by atoms with E-state index >= 15 is 0 Å². The molecular formula is C22H22ClN7O2. The van der Waals surface area contributed by atoms with Crippen LogP contribution >= 0.6 is 11.6 Å². The lowest BCUT2D eigenvalue weighted by molar-refractivity contribution is 0.193. The van der Waals surface area contributed by atoms with Crippen molar-refractivity contribution in [3.05, 3.63) is 65.7 Å². The van der Waals surface area contributed by atoms with Crippen molar-refractivity contribution in [3.63, 3.8) is 0 Å². The molecule has 0 bridgehead atoms. The van der Waals surface area contributed by atoms with Crippen LogP contribution in [0.1, 0.15) is 12.5 Å². The maximum Gasteiger partial charge on any atom is 0.227 e. The van der Waals surface area contributed by atoms with E-state index in [1.54, 1.807) is 30.3 Å². The van der Waals surface area contributed by atoms with Crippen LogP contribution < -0.4 is 14.8 Å². The summed E-state index contributed by atoms with van der Waals surface area (Å²) in [7, 11) is 1.63. The highest BCUT2D eigenvalue weighted by molar-refractivity contribution is 6.32. The second-order valence-electron chi connectivity index (χ2n) is 7.23. The van der Waals surface area contributed by atoms with Gasteiger partial charge >= 0.3 is 0 Å². The summed E-state index contributed by atoms with van der Waals surface area (Å²) in [5, 5.41) is 14.8. The fourth-order valence-corrected chi connectivity index (χ4v) is 3.28. The Morgan fingerprint density at radius 1 is 1.06 bits per heavy atom. The minimum Gasteiger partial charge on any atom is -0.495 e. The highest BCUT2D eigenvalue weighted by atomic mass is 35.5. The second-order valence-corrected chi connectivity index (χ2v) is 7.64. The normalized spacial score (nSPS) is 11.8. The number of ether oxygens (including phenoxy) is 2. The zero-order valence-corrected chi connectivity index (χ0v) is 18.6. The van der Waals surface area contributed by atoms with Gasteiger partial charge in [0.2, 0.25) is 5.95 Å². The maximum absolute atomic E-state index is 6.34. The monoisotopic (exact) mass is 451 g/mol. The van der Waals surface area contributed by atoms with Crippen LogP contribution in [-0.4, -0.2) is 43.4 Å². The average Bonchev–Trinajstić information content (AvgIpc) is 3.30. The smallest absolute Gasteiger partial charge is 0.227 e. The van der Waals surface area contributed by atoms with Gasteiger partial charge in [0.1, 0.15) is 23.9 Å². The lowest BCUT2D eigenvalue weighted by atomic mass is 10.1. The van der Waals surface area contributed by atoms with Crippen molar-refractivity contribution in [2.45, 2.75) is 26.5 Å². The summed E-state index contributed by atoms with van der Waals surface area (Å²) in [5.41, 5.74) is 3.63. The third-order valence-electron chi connectivity index (χ3n) is 4.68. The first-order chi connectivity index (χ1) is 15.5. The molecule has 1 atom stereocenters. The van der Waals surface area contributed by atoms with Crippen LogP contribution in [0.5, 0.6) is 11.5 Å². The number of halogens is 1. The van der Waals surface area contributed by atoms with E-state index in [-0.39, 0.29) is 6.10 Å². The van der Waals surface area contributed by atoms with Gasteiger partial charge in [0.05, 0.1) is 24.4 Å². The average molecular weight is 452 g/mol. The SMILES string of the molecule is COc1cc(C)ccc1Nc1ncc(-c2ccc(Cl)c(O[C@@H](C)Cn3cnnn3)c2)cn1. The van der Waals surface area contributed by atoms with Crippen LogP contribution in [0.25, 0.3) is 11.1 Å². The molecule has 32 heavy (non-hydrogen) atoms. The maximum atomic E-state index is 6.34. The molecule has 0 aliphatic heterocycles. The fraction of sp³-hybridized carbons (Fsp3) is 0.227. The molecule has 0 unspecified atom stereocenters. The van der Waals surface area contributed by atoms with Gasteiger partial charge in [-0.3, -0.25) is 0 Å². The molecule has 2 aromatic carbocycles. The van der Waals surface area contributed by atoms with Crippen LogP contribution in [0.2, 0.25) is 5.02 Å². The van der Waals surface area contributed by atoms with E-state index < -0.39 is 0 Å². The summed E-state index contributed by atoms with van der Waals surface area (Å²) in [6.07, 6.45) is 4.84. The minimum absolute atomic E-state index is 0.182. The molecular weight excluding hydrogens is 430 g/mol. The van der Waals surface area contributed by atoms with Crippen LogP contribution in [0.4, 0.5) is 11.6 Å². The molecule has 0 fully saturated rings. The Morgan fingerprint density at radius 3 is 2.59 bits per heavy atom. The van der Waals surface area contributed by atoms with Gasteiger partial charge in [-0.05, 0) is 59.7 Å². The molecule has 0 aliphatic rings. The molecule has 0 radical (unpaired) electrons. The van der Waals surface area contributed by atoms with E-state index in [4.69, 9.17) is 21.1 Å². The van der Waals surface area contributed by atoms with Crippen molar-refractivity contribution in [1.29, 1.82) is 0 Å². The molecule has 2 aromatic heterocycles. The molecule has 0 saturated heterocycles. The van der Waals surface area contributed by atoms with E-state index in [0.717, 1.165) is 28.1 Å². The summed E-state index contributed by atoms with van der Waals surface area (Å²) in [5.74, 6) is 1.76. The van der Waals surface area contributed by atoms with E-state index in [1.807, 2.05) is 44.2 Å². The Hall–Kier alpha value is -3.72. The summed E-state index contributed by atoms with van der Waals surface area (Å²) in [6, 6.07) is 11.4. The number of tetrazole rings is 1. The van der Waals surface area contributed by atoms with E-state index in [2.05, 4.69) is 30.8 Å². The molecule has 0 spiro atoms. The molecule has 10 heteroatoms. The van der Waals surface area contributed by atoms with Crippen molar-refractivity contribution in [2.75, 3.05) is 12.4 Å². The van der Waals surface area contributed by atoms with Gasteiger partial charge in [-0.25, -0.2) is 14.6 Å². The number of anilines is 2. The van der Waals surface area contributed by atoms with Gasteiger partial charge in [0.15, 0.2) is 0 Å². The van der Waals surface area contributed by atoms with E-state index in [1.165, 1.54) is 6.33 Å². The highest BCUT2D eigenvalue weighted by Crippen LogP contribution is 2.32. The molecule has 2 heterocycles. The summed E-state index contributed by atoms with van der Waals surface area (Å²) < 4.78 is 13.0. The first-order valence-electron chi connectivity index (χ1n) is 9.93. The Kier molecular flexibility index (Phi) is 6.46. The Bertz CT molecular complexity index is 1180. The van der Waals surface area contributed by atoms with E-state index in [0.29, 0.717) is 23.3 Å². The van der Waals surface area contributed by atoms with Gasteiger partial charge in [0, 0.05) is 18.0 Å². The molecule has 9 nitrogen and oxygen atoms in total. The van der Waals surface area contributed by atoms with Gasteiger partial charge in [-0.1, -0.05) is 23.7 Å². The second kappa shape index (κ2) is 9.61. The molecule has 164 valence electrons. The van der Waals surface area contributed by atoms with Gasteiger partial charge in [-0.2, -0.15) is 0 Å². The Labute approximate surface area is 190 Å². The number of methoxy groups -OCH3 is 1. The van der Waals surface area contributed by atoms with Crippen LogP contribution in [-0.2, 0) is 6.54 Å². The summed E-state index contributed by atoms with van der Waals surface area (Å²) in [4.78, 5) is 8.87. The Morgan fingerprint density at radius 2 is 1.88 bits per heavy atom. The first-order valence-corrected chi connectivity index (χ1v) is 10.3. The molecule has 0 saturated carbocycles. The number of aromatic nitrogens is 6. The third-order valence-corrected chi connectivity index (χ3v) is 5.00. The molecule has 0 amide bonds. The lowest BCUT2D eigenvalue weighted by Crippen LogP contribution is -2.20. The molecule has 1 N–H and O–H groups in total. The van der Waals surface area contributed by atoms with Gasteiger partial charge in [-0.15, -0.1) is 5.10 Å². The summed E-state index contributed by atoms with van der Waals surface area (Å²) in [6.45, 7) is 4.43. The van der Waals surface area contributed by atoms with Crippen molar-refractivity contribution < 1.29 is 9.47 Å². The van der Waals surface area contributed by atoms with Crippen LogP contribution in [0, 0.1) is 6.92 Å². The minimum atomic E-state index is -0.182. The predicted molar refractivity (Wildman–Crippen MR) is 121 cm³/mol. The van der Waals surface area contributed by atoms with Crippen molar-refractivity contribution >= 4 is 23.2 Å². The standard InChI is InChI=1S/C22H22ClN7O2/c1-14-4-7-19(21(8-14)31-3)27-22-24-10-17(11-25-22)16-5-6-18(23)20(9-16)32-15(2)12-30-13-26-28-29-30/h4-11,13,15H,12H2,1-3H3,(H,24,25,27)/t15-/m0/s1. The molecule has 4 aromatic rings. The molecule has 4 rings (SSSR count). The number of aryl methyl sites for hydroxylation is 1. The zero-order chi connectivity index (χ0) is 22.5. The van der Waals surface area contributed by atoms with Crippen molar-refractivity contribution in [2.24, 2.45) is 0 Å². The van der Waals surface area contributed by atoms with Gasteiger partial charge in [0.25, 0.3) is 0 Å². The summed E-state index contributed by atoms with van der Waals surface area (Å²) >= 11 is 6.34. The number of hydrogen-bond donors (Lipinski definition) is 1. The number of rotatable bonds is 8. The predicted octanol–water partition coefficient (Wildman–Crippen LogP) is 4.31. The Balaban J connectivity index is 1.48. The molecule has 0 aliphatic carbocycles. The van der Waals surface area contributed by atoms with Crippen LogP contribution in [0.3, 0.4) is 0 Å². The number of hydrogen-bond acceptors (Lipinski definition) is 8. The quantitative estimate of drug-likeness (QED) is 0.423. The van der Waals surface area contributed by atoms with Gasteiger partial charge < -0.3 is 14.8 Å². The zero-order valence-electron chi connectivity index (χ0n) is 17.9. The van der Waals surface area contributed by atoms with E-state index in [9.17, 15) is 0 Å². The number of nitrogens with one attached hydrogen (secondary N) is 1. The first kappa shape index (κ1) is 21.5. The number of nitrogens with zero attached hydrogens (tertiary/aromatic N) is 6. The van der Waals surface area contributed by atoms with Crippen LogP contribution in [0.15, 0.2) is 55.1 Å². The highest BCUT2D eigenvalue weighted by Gasteiger charge is 2.12. The number of benzene rings is 2. The fourth-order valence-electron chi connectivity index (χ4n) is 3.12. The van der Waals surface area contributed by atoms with Crippen molar-refractivity contribution in [1.82, 2.24) is 30.2 Å². The topological polar surface area (TPSA) is 99.9 Å². The largest absolute Gasteiger partial charge is 0.495 e. The lowest BCUT2D eigenvalue weighted by Gasteiger charge is -2.16.